The van der Waals surface area contributed by atoms with Crippen molar-refractivity contribution in [3.63, 3.8) is 0 Å². The zero-order chi connectivity index (χ0) is 96.6. The summed E-state index contributed by atoms with van der Waals surface area (Å²) in [5, 5.41) is 13.4. The summed E-state index contributed by atoms with van der Waals surface area (Å²) in [4.78, 5) is 120. The van der Waals surface area contributed by atoms with E-state index in [0.717, 1.165) is 91.7 Å². The van der Waals surface area contributed by atoms with Crippen molar-refractivity contribution in [2.24, 2.45) is 0 Å². The van der Waals surface area contributed by atoms with Crippen LogP contribution >= 0.6 is 75.5 Å². The van der Waals surface area contributed by atoms with E-state index in [1.807, 2.05) is 171 Å². The molecule has 7 aliphatic heterocycles. The number of carbonyl (C=O) groups is 8. The predicted octanol–water partition coefficient (Wildman–Crippen LogP) is 15.3. The van der Waals surface area contributed by atoms with E-state index < -0.39 is 29.5 Å². The quantitative estimate of drug-likeness (QED) is 0.0310. The highest BCUT2D eigenvalue weighted by Crippen LogP contribution is 2.43. The molecule has 10 heterocycles. The first-order chi connectivity index (χ1) is 64.2. The lowest BCUT2D eigenvalue weighted by atomic mass is 9.79. The number of nitrogens with one attached hydrogen (secondary N) is 4. The molecule has 9 aromatic rings. The van der Waals surface area contributed by atoms with E-state index in [1.54, 1.807) is 98.9 Å². The van der Waals surface area contributed by atoms with Crippen LogP contribution in [0.2, 0.25) is 15.1 Å². The molecule has 0 aliphatic carbocycles. The lowest BCUT2D eigenvalue weighted by molar-refractivity contribution is -0.117. The number of anilines is 3. The van der Waals surface area contributed by atoms with Gasteiger partial charge in [-0.1, -0.05) is 94.6 Å². The number of piperazine rings is 3. The molecule has 30 nitrogen and oxygen atoms in total. The Morgan fingerprint density at radius 2 is 0.746 bits per heavy atom. The number of aromatic nitrogens is 3. The molecule has 10 N–H and O–H groups in total. The maximum Gasteiger partial charge on any atom is 0.494 e. The van der Waals surface area contributed by atoms with Crippen LogP contribution in [-0.2, 0) is 52.4 Å². The van der Waals surface area contributed by atoms with Crippen molar-refractivity contribution < 1.29 is 71.3 Å². The molecule has 0 saturated carbocycles. The zero-order valence-corrected chi connectivity index (χ0v) is 83.3. The third-order valence-corrected chi connectivity index (χ3v) is 24.5. The van der Waals surface area contributed by atoms with Crippen molar-refractivity contribution in [2.75, 3.05) is 115 Å². The van der Waals surface area contributed by atoms with Gasteiger partial charge in [0.1, 0.15) is 64.2 Å². The van der Waals surface area contributed by atoms with Gasteiger partial charge in [0, 0.05) is 172 Å². The Hall–Kier alpha value is -12.0. The van der Waals surface area contributed by atoms with Crippen molar-refractivity contribution in [2.45, 2.75) is 137 Å². The van der Waals surface area contributed by atoms with Crippen LogP contribution in [0.15, 0.2) is 187 Å². The number of amides is 8. The van der Waals surface area contributed by atoms with Crippen LogP contribution < -0.4 is 58.1 Å². The van der Waals surface area contributed by atoms with Gasteiger partial charge in [-0.05, 0) is 241 Å². The molecular weight excluding hydrogens is 1930 g/mol. The number of hydrogen-bond donors (Lipinski definition) is 7. The summed E-state index contributed by atoms with van der Waals surface area (Å²) in [6, 6.07) is 44.4. The molecule has 0 radical (unpaired) electrons. The van der Waals surface area contributed by atoms with E-state index in [0.29, 0.717) is 158 Å². The zero-order valence-electron chi connectivity index (χ0n) is 77.9. The Balaban J connectivity index is 0.000000193. The molecular formula is C101H118BBrCl5N15O15. The summed E-state index contributed by atoms with van der Waals surface area (Å²) in [5.74, 6) is 2.53. The molecule has 4 saturated heterocycles. The van der Waals surface area contributed by atoms with Gasteiger partial charge in [0.25, 0.3) is 17.7 Å². The fourth-order valence-electron chi connectivity index (χ4n) is 15.3. The van der Waals surface area contributed by atoms with Gasteiger partial charge in [-0.25, -0.2) is 24.5 Å². The summed E-state index contributed by atoms with van der Waals surface area (Å²) >= 11 is 22.7. The molecule has 3 atom stereocenters. The number of fused-ring (bicyclic) bond motifs is 3. The van der Waals surface area contributed by atoms with Crippen molar-refractivity contribution in [1.82, 2.24) is 60.7 Å². The number of rotatable bonds is 18. The van der Waals surface area contributed by atoms with Gasteiger partial charge in [-0.3, -0.25) is 28.8 Å². The van der Waals surface area contributed by atoms with Crippen LogP contribution in [0.4, 0.5) is 27.0 Å². The Kier molecular flexibility index (Phi) is 37.6. The van der Waals surface area contributed by atoms with Gasteiger partial charge in [0.2, 0.25) is 17.7 Å². The van der Waals surface area contributed by atoms with Crippen molar-refractivity contribution in [3.8, 4) is 39.5 Å². The number of halogens is 6. The lowest BCUT2D eigenvalue weighted by Gasteiger charge is -2.35. The van der Waals surface area contributed by atoms with Crippen molar-refractivity contribution >= 4 is 171 Å². The Labute approximate surface area is 841 Å². The highest BCUT2D eigenvalue weighted by atomic mass is 79.9. The second-order valence-electron chi connectivity index (χ2n) is 36.3. The number of nitrogen functional groups attached to an aromatic ring is 3. The molecule has 37 heteroatoms. The van der Waals surface area contributed by atoms with Crippen LogP contribution in [-0.4, -0.2) is 233 Å². The average Bonchev–Trinajstić information content (AvgIpc) is 1.61. The van der Waals surface area contributed by atoms with Crippen LogP contribution in [0, 0.1) is 0 Å². The lowest BCUT2D eigenvalue weighted by Crippen LogP contribution is -2.51. The molecule has 7 aliphatic rings. The van der Waals surface area contributed by atoms with Gasteiger partial charge in [-0.15, -0.1) is 24.8 Å². The highest BCUT2D eigenvalue weighted by Gasteiger charge is 2.52. The molecule has 3 unspecified atom stereocenters. The Morgan fingerprint density at radius 1 is 0.442 bits per heavy atom. The summed E-state index contributed by atoms with van der Waals surface area (Å²) in [6.07, 6.45) is 14.9. The number of nitrogens with zero attached hydrogens (tertiary/aromatic N) is 8. The van der Waals surface area contributed by atoms with E-state index >= 15 is 0 Å². The minimum absolute atomic E-state index is 0. The summed E-state index contributed by atoms with van der Waals surface area (Å²) in [6.45, 7) is 26.9. The molecule has 0 bridgehead atoms. The molecule has 0 spiro atoms. The number of benzene rings is 6. The first kappa shape index (κ1) is 108. The Bertz CT molecular complexity index is 5860. The standard InChI is InChI=1S/C33H36ClN5O5.C28H28ClN5O3.C22H33BN2O5.C17H15BrClN3O2.CH4.2ClH/c1-33(2,3)44-32(42)39-14-12-38(13-15-39)31(41)23-8-6-22(7-9-23)24-16-25-17-26(43-30(25)27(34)18-24)20-37-29(40)11-5-21-4-10-28(35)36-19-21;29-24-15-21(19-3-5-20(6-4-19)28(36)34-11-9-31-10-12-34)13-22-14-23(37-27(22)24)17-33-26(35)8-2-18-1-7-25(30)32-16-18;1-20(2,3)28-19(27)25-14-12-24(13-15-25)18(26)16-8-10-17(11-9-16)23-29-21(4,5)22(6,7)30-23;18-12-5-11-6-13(24-17(11)14(19)7-12)9-22-16(23)4-2-10-1-3-15(20)21-8-10;;;/h4-11,16,18-19,26H,12-15,17,20H2,1-3H3,(H2,35,36)(H,37,40);1-8,13,15-16,23,31H,9-12,14,17H2,(H2,30,32)(H,33,35);8-11H,12-15H2,1-7H3;1-5,7-8,13H,6,9H2,(H2,20,21)(H,22,23);1H4;2*1H/b11-5+;8-2+;;4-2+;;;. The molecule has 4 fully saturated rings. The smallest absolute Gasteiger partial charge is 0.486 e. The van der Waals surface area contributed by atoms with Gasteiger partial charge in [-0.2, -0.15) is 0 Å². The second kappa shape index (κ2) is 48.1. The largest absolute Gasteiger partial charge is 0.494 e. The minimum atomic E-state index is -0.559. The molecule has 138 heavy (non-hydrogen) atoms. The van der Waals surface area contributed by atoms with Gasteiger partial charge < -0.3 is 96.0 Å². The number of ether oxygens (including phenoxy) is 5. The SMILES string of the molecule is C.CC(C)(C)OC(=O)N1CCN(C(=O)c2ccc(-c3cc(Cl)c4c(c3)CC(CNC(=O)/C=C/c3ccc(N)nc3)O4)cc2)CC1.CC(C)(C)OC(=O)N1CCN(C(=O)c2ccc(B3OC(C)(C)C(C)(C)O3)cc2)CC1.Cl.Cl.Nc1ccc(/C=C/C(=O)NCC2Cc3cc(-c4ccc(C(=O)N5CCNCC5)cc4)cc(Cl)c3O2)cn1.Nc1ccc(/C=C/C(=O)NCC2Cc3cc(Br)cc(Cl)c3O2)cn1. The third-order valence-electron chi connectivity index (χ3n) is 23.2. The molecule has 16 rings (SSSR count). The maximum absolute atomic E-state index is 13.1. The van der Waals surface area contributed by atoms with E-state index in [-0.39, 0.29) is 98.2 Å². The van der Waals surface area contributed by atoms with Gasteiger partial charge in [0.15, 0.2) is 0 Å². The first-order valence-corrected chi connectivity index (χ1v) is 46.5. The molecule has 3 aromatic heterocycles. The van der Waals surface area contributed by atoms with E-state index in [1.165, 1.54) is 18.2 Å². The second-order valence-corrected chi connectivity index (χ2v) is 38.4. The number of hydrogen-bond acceptors (Lipinski definition) is 22. The van der Waals surface area contributed by atoms with Gasteiger partial charge in [0.05, 0.1) is 45.9 Å². The van der Waals surface area contributed by atoms with Gasteiger partial charge >= 0.3 is 19.3 Å². The van der Waals surface area contributed by atoms with E-state index in [9.17, 15) is 38.4 Å². The van der Waals surface area contributed by atoms with Crippen LogP contribution in [0.5, 0.6) is 17.2 Å². The topological polar surface area (TPSA) is 382 Å². The summed E-state index contributed by atoms with van der Waals surface area (Å²) in [7, 11) is -0.448. The third kappa shape index (κ3) is 29.8. The number of carbonyl (C=O) groups excluding carboxylic acids is 8. The first-order valence-electron chi connectivity index (χ1n) is 44.6. The minimum Gasteiger partial charge on any atom is -0.486 e. The molecule has 6 aromatic carbocycles. The molecule has 732 valence electrons. The average molecular weight is 2050 g/mol. The number of pyridine rings is 3. The fourth-order valence-corrected chi connectivity index (χ4v) is 16.8. The van der Waals surface area contributed by atoms with Crippen LogP contribution in [0.1, 0.15) is 141 Å². The predicted molar refractivity (Wildman–Crippen MR) is 549 cm³/mol. The highest BCUT2D eigenvalue weighted by molar-refractivity contribution is 9.10. The normalized spacial score (nSPS) is 17.1. The van der Waals surface area contributed by atoms with E-state index in [4.69, 9.17) is 85.0 Å². The number of nitrogens with two attached hydrogens (primary N) is 3. The van der Waals surface area contributed by atoms with Crippen molar-refractivity contribution in [1.29, 1.82) is 0 Å². The van der Waals surface area contributed by atoms with Crippen molar-refractivity contribution in [3.05, 3.63) is 252 Å². The molecule has 8 amide bonds. The van der Waals surface area contributed by atoms with Crippen LogP contribution in [0.25, 0.3) is 40.5 Å². The van der Waals surface area contributed by atoms with Crippen LogP contribution in [0.3, 0.4) is 0 Å². The Morgan fingerprint density at radius 3 is 1.07 bits per heavy atom. The maximum atomic E-state index is 13.1. The van der Waals surface area contributed by atoms with E-state index in [2.05, 4.69) is 58.2 Å². The fraction of sp³-hybridized carbons (Fsp3) is 0.356. The summed E-state index contributed by atoms with van der Waals surface area (Å²) < 4.78 is 41.8. The monoisotopic (exact) mass is 2050 g/mol. The summed E-state index contributed by atoms with van der Waals surface area (Å²) in [5.41, 5.74) is 26.7.